The number of aromatic amines is 1. The number of rotatable bonds is 1. The van der Waals surface area contributed by atoms with Crippen LogP contribution >= 0.6 is 11.6 Å². The van der Waals surface area contributed by atoms with Gasteiger partial charge in [0, 0.05) is 31.2 Å². The van der Waals surface area contributed by atoms with E-state index < -0.39 is 0 Å². The lowest BCUT2D eigenvalue weighted by Crippen LogP contribution is -2.45. The monoisotopic (exact) mass is 264 g/mol. The Labute approximate surface area is 109 Å². The Morgan fingerprint density at radius 1 is 1.28 bits per heavy atom. The second kappa shape index (κ2) is 4.59. The molecule has 94 valence electrons. The van der Waals surface area contributed by atoms with E-state index in [-0.39, 0.29) is 5.56 Å². The molecule has 1 aliphatic rings. The number of hydrogen-bond donors (Lipinski definition) is 2. The van der Waals surface area contributed by atoms with Crippen molar-refractivity contribution in [3.63, 3.8) is 0 Å². The zero-order valence-electron chi connectivity index (χ0n) is 9.74. The molecular formula is C12H13ClN4O. The van der Waals surface area contributed by atoms with Crippen molar-refractivity contribution in [1.29, 1.82) is 0 Å². The molecule has 0 aliphatic carbocycles. The highest BCUT2D eigenvalue weighted by molar-refractivity contribution is 6.31. The van der Waals surface area contributed by atoms with Crippen LogP contribution in [0.3, 0.4) is 0 Å². The third-order valence-electron chi connectivity index (χ3n) is 3.05. The molecule has 0 saturated carbocycles. The summed E-state index contributed by atoms with van der Waals surface area (Å²) >= 11 is 5.94. The highest BCUT2D eigenvalue weighted by atomic mass is 35.5. The largest absolute Gasteiger partial charge is 0.349 e. The fourth-order valence-corrected chi connectivity index (χ4v) is 2.30. The third kappa shape index (κ3) is 2.07. The minimum Gasteiger partial charge on any atom is -0.349 e. The van der Waals surface area contributed by atoms with E-state index >= 15 is 0 Å². The highest BCUT2D eigenvalue weighted by Gasteiger charge is 2.15. The van der Waals surface area contributed by atoms with Crippen molar-refractivity contribution in [2.75, 3.05) is 31.1 Å². The lowest BCUT2D eigenvalue weighted by Gasteiger charge is -2.27. The molecule has 1 aromatic heterocycles. The number of hydrogen-bond acceptors (Lipinski definition) is 4. The first-order valence-corrected chi connectivity index (χ1v) is 6.27. The first-order valence-electron chi connectivity index (χ1n) is 5.89. The Morgan fingerprint density at radius 2 is 2.06 bits per heavy atom. The molecule has 1 aromatic carbocycles. The van der Waals surface area contributed by atoms with Gasteiger partial charge in [-0.1, -0.05) is 11.6 Å². The van der Waals surface area contributed by atoms with E-state index in [0.29, 0.717) is 16.4 Å². The molecule has 18 heavy (non-hydrogen) atoms. The average molecular weight is 265 g/mol. The molecule has 0 unspecified atom stereocenters. The molecule has 0 bridgehead atoms. The summed E-state index contributed by atoms with van der Waals surface area (Å²) in [7, 11) is 0. The molecule has 2 aromatic rings. The Balaban J connectivity index is 2.10. The highest BCUT2D eigenvalue weighted by Crippen LogP contribution is 2.17. The number of piperazine rings is 1. The Hall–Kier alpha value is -1.59. The lowest BCUT2D eigenvalue weighted by molar-refractivity contribution is 0.583. The molecule has 0 atom stereocenters. The predicted octanol–water partition coefficient (Wildman–Crippen LogP) is 0.986. The predicted molar refractivity (Wildman–Crippen MR) is 72.5 cm³/mol. The van der Waals surface area contributed by atoms with Gasteiger partial charge in [0.15, 0.2) is 5.82 Å². The molecule has 6 heteroatoms. The van der Waals surface area contributed by atoms with E-state index in [1.54, 1.807) is 18.2 Å². The van der Waals surface area contributed by atoms with Crippen molar-refractivity contribution < 1.29 is 0 Å². The van der Waals surface area contributed by atoms with Gasteiger partial charge in [0.25, 0.3) is 5.56 Å². The second-order valence-electron chi connectivity index (χ2n) is 4.29. The number of nitrogens with zero attached hydrogens (tertiary/aromatic N) is 2. The molecule has 2 heterocycles. The van der Waals surface area contributed by atoms with Gasteiger partial charge in [0.1, 0.15) is 0 Å². The number of benzene rings is 1. The molecular weight excluding hydrogens is 252 g/mol. The van der Waals surface area contributed by atoms with Crippen LogP contribution in [0.4, 0.5) is 5.82 Å². The molecule has 5 nitrogen and oxygen atoms in total. The first kappa shape index (κ1) is 11.5. The number of fused-ring (bicyclic) bond motifs is 1. The summed E-state index contributed by atoms with van der Waals surface area (Å²) in [5, 5.41) is 3.87. The van der Waals surface area contributed by atoms with Gasteiger partial charge in [-0.2, -0.15) is 0 Å². The van der Waals surface area contributed by atoms with Crippen LogP contribution in [-0.2, 0) is 0 Å². The summed E-state index contributed by atoms with van der Waals surface area (Å²) in [4.78, 5) is 21.3. The van der Waals surface area contributed by atoms with Gasteiger partial charge in [0.2, 0.25) is 0 Å². The maximum atomic E-state index is 12.0. The number of nitrogens with one attached hydrogen (secondary N) is 2. The van der Waals surface area contributed by atoms with Crippen LogP contribution in [0.2, 0.25) is 5.02 Å². The molecule has 3 rings (SSSR count). The van der Waals surface area contributed by atoms with Crippen molar-refractivity contribution in [2.45, 2.75) is 0 Å². The number of aromatic nitrogens is 2. The maximum absolute atomic E-state index is 12.0. The van der Waals surface area contributed by atoms with E-state index in [0.717, 1.165) is 31.7 Å². The summed E-state index contributed by atoms with van der Waals surface area (Å²) < 4.78 is 0. The van der Waals surface area contributed by atoms with Gasteiger partial charge in [0.05, 0.1) is 11.0 Å². The molecule has 1 aliphatic heterocycles. The van der Waals surface area contributed by atoms with Gasteiger partial charge >= 0.3 is 0 Å². The minimum absolute atomic E-state index is 0.147. The summed E-state index contributed by atoms with van der Waals surface area (Å²) in [5.74, 6) is 0.478. The lowest BCUT2D eigenvalue weighted by atomic mass is 10.3. The van der Waals surface area contributed by atoms with Gasteiger partial charge in [-0.25, -0.2) is 4.98 Å². The third-order valence-corrected chi connectivity index (χ3v) is 3.29. The van der Waals surface area contributed by atoms with E-state index in [1.807, 2.05) is 4.90 Å². The van der Waals surface area contributed by atoms with Crippen LogP contribution in [0, 0.1) is 0 Å². The Morgan fingerprint density at radius 3 is 2.83 bits per heavy atom. The molecule has 0 spiro atoms. The number of anilines is 1. The standard InChI is InChI=1S/C12H13ClN4O/c13-8-1-2-9-10(7-8)15-11(12(18)16-9)17-5-3-14-4-6-17/h1-2,7,14H,3-6H2,(H,16,18). The van der Waals surface area contributed by atoms with Crippen LogP contribution < -0.4 is 15.8 Å². The summed E-state index contributed by atoms with van der Waals surface area (Å²) in [6.45, 7) is 3.33. The topological polar surface area (TPSA) is 61.0 Å². The fourth-order valence-electron chi connectivity index (χ4n) is 2.14. The van der Waals surface area contributed by atoms with Gasteiger partial charge in [-0.15, -0.1) is 0 Å². The van der Waals surface area contributed by atoms with Crippen LogP contribution in [0.25, 0.3) is 11.0 Å². The summed E-state index contributed by atoms with van der Waals surface area (Å²) in [6.07, 6.45) is 0. The fraction of sp³-hybridized carbons (Fsp3) is 0.333. The van der Waals surface area contributed by atoms with Crippen LogP contribution in [0.15, 0.2) is 23.0 Å². The summed E-state index contributed by atoms with van der Waals surface area (Å²) in [5.41, 5.74) is 1.28. The van der Waals surface area contributed by atoms with Crippen molar-refractivity contribution in [1.82, 2.24) is 15.3 Å². The van der Waals surface area contributed by atoms with Crippen LogP contribution in [-0.4, -0.2) is 36.1 Å². The number of H-pyrrole nitrogens is 1. The second-order valence-corrected chi connectivity index (χ2v) is 4.72. The van der Waals surface area contributed by atoms with Gasteiger partial charge < -0.3 is 15.2 Å². The zero-order chi connectivity index (χ0) is 12.5. The Kier molecular flexibility index (Phi) is 2.93. The average Bonchev–Trinajstić information content (AvgIpc) is 2.39. The van der Waals surface area contributed by atoms with Crippen molar-refractivity contribution in [3.8, 4) is 0 Å². The smallest absolute Gasteiger partial charge is 0.291 e. The SMILES string of the molecule is O=c1[nH]c2ccc(Cl)cc2nc1N1CCNCC1. The number of halogens is 1. The van der Waals surface area contributed by atoms with Gasteiger partial charge in [-0.05, 0) is 18.2 Å². The van der Waals surface area contributed by atoms with Crippen molar-refractivity contribution >= 4 is 28.5 Å². The first-order chi connectivity index (χ1) is 8.74. The molecule has 2 N–H and O–H groups in total. The molecule has 1 fully saturated rings. The van der Waals surface area contributed by atoms with E-state index in [4.69, 9.17) is 11.6 Å². The molecule has 1 saturated heterocycles. The van der Waals surface area contributed by atoms with E-state index in [2.05, 4.69) is 15.3 Å². The molecule has 0 amide bonds. The molecule has 0 radical (unpaired) electrons. The van der Waals surface area contributed by atoms with Gasteiger partial charge in [-0.3, -0.25) is 4.79 Å². The van der Waals surface area contributed by atoms with Crippen LogP contribution in [0.5, 0.6) is 0 Å². The zero-order valence-corrected chi connectivity index (χ0v) is 10.5. The van der Waals surface area contributed by atoms with Crippen molar-refractivity contribution in [2.24, 2.45) is 0 Å². The van der Waals surface area contributed by atoms with E-state index in [1.165, 1.54) is 0 Å². The normalized spacial score (nSPS) is 16.2. The van der Waals surface area contributed by atoms with Crippen molar-refractivity contribution in [3.05, 3.63) is 33.6 Å². The quantitative estimate of drug-likeness (QED) is 0.806. The summed E-state index contributed by atoms with van der Waals surface area (Å²) in [6, 6.07) is 5.28. The Bertz CT molecular complexity index is 634. The van der Waals surface area contributed by atoms with E-state index in [9.17, 15) is 4.79 Å². The van der Waals surface area contributed by atoms with Crippen LogP contribution in [0.1, 0.15) is 0 Å². The maximum Gasteiger partial charge on any atom is 0.291 e. The minimum atomic E-state index is -0.147.